The van der Waals surface area contributed by atoms with E-state index in [-0.39, 0.29) is 52.7 Å². The van der Waals surface area contributed by atoms with Gasteiger partial charge < -0.3 is 14.6 Å². The summed E-state index contributed by atoms with van der Waals surface area (Å²) in [5, 5.41) is 10.6. The van der Waals surface area contributed by atoms with Crippen molar-refractivity contribution in [1.82, 2.24) is 4.90 Å². The fraction of sp³-hybridized carbons (Fsp3) is 0.231. The zero-order chi connectivity index (χ0) is 16.1. The molecular formula is C13H7F3NNaO4S. The smallest absolute Gasteiger partial charge is 0.543 e. The van der Waals surface area contributed by atoms with E-state index < -0.39 is 28.8 Å². The van der Waals surface area contributed by atoms with Crippen molar-refractivity contribution in [3.05, 3.63) is 40.6 Å². The molecule has 10 heteroatoms. The molecule has 1 aromatic carbocycles. The van der Waals surface area contributed by atoms with Crippen LogP contribution in [0.1, 0.15) is 12.0 Å². The molecule has 116 valence electrons. The maximum Gasteiger partial charge on any atom is 1.00 e. The van der Waals surface area contributed by atoms with E-state index in [4.69, 9.17) is 4.74 Å². The van der Waals surface area contributed by atoms with E-state index in [9.17, 15) is 27.9 Å². The number of carboxylic acids is 1. The van der Waals surface area contributed by atoms with Gasteiger partial charge in [-0.1, -0.05) is 17.8 Å². The number of carbonyl (C=O) groups is 2. The molecule has 0 saturated carbocycles. The van der Waals surface area contributed by atoms with Crippen LogP contribution in [0.15, 0.2) is 35.1 Å². The van der Waals surface area contributed by atoms with Gasteiger partial charge in [-0.05, 0) is 18.2 Å². The molecule has 0 spiro atoms. The van der Waals surface area contributed by atoms with Crippen molar-refractivity contribution < 1.29 is 62.2 Å². The Bertz CT molecular complexity index is 707. The number of β-lactam (4-membered cyclic amide) rings is 1. The molecule has 1 saturated heterocycles. The van der Waals surface area contributed by atoms with Gasteiger partial charge >= 0.3 is 35.7 Å². The number of alkyl halides is 3. The van der Waals surface area contributed by atoms with Gasteiger partial charge in [-0.25, -0.2) is 0 Å². The first-order chi connectivity index (χ1) is 10.3. The molecule has 0 aromatic heterocycles. The van der Waals surface area contributed by atoms with Gasteiger partial charge in [0.15, 0.2) is 5.09 Å². The van der Waals surface area contributed by atoms with E-state index >= 15 is 0 Å². The number of aliphatic carboxylic acids is 1. The second-order valence-electron chi connectivity index (χ2n) is 4.59. The summed E-state index contributed by atoms with van der Waals surface area (Å²) in [6.45, 7) is 0. The van der Waals surface area contributed by atoms with Gasteiger partial charge in [-0.15, -0.1) is 0 Å². The summed E-state index contributed by atoms with van der Waals surface area (Å²) in [4.78, 5) is 23.5. The summed E-state index contributed by atoms with van der Waals surface area (Å²) in [5.41, 5.74) is -1.35. The maximum atomic E-state index is 12.6. The molecule has 1 fully saturated rings. The first-order valence-corrected chi connectivity index (χ1v) is 6.95. The van der Waals surface area contributed by atoms with Gasteiger partial charge in [0, 0.05) is 0 Å². The van der Waals surface area contributed by atoms with Crippen LogP contribution in [0.25, 0.3) is 0 Å². The summed E-state index contributed by atoms with van der Waals surface area (Å²) in [7, 11) is 0. The van der Waals surface area contributed by atoms with Crippen LogP contribution in [0.5, 0.6) is 5.75 Å². The van der Waals surface area contributed by atoms with Gasteiger partial charge in [0.2, 0.25) is 5.91 Å². The maximum absolute atomic E-state index is 12.6. The van der Waals surface area contributed by atoms with Gasteiger partial charge in [0.05, 0.1) is 23.3 Å². The van der Waals surface area contributed by atoms with Crippen LogP contribution in [0.3, 0.4) is 0 Å². The number of amides is 1. The van der Waals surface area contributed by atoms with Crippen LogP contribution in [-0.4, -0.2) is 22.2 Å². The molecule has 3 rings (SSSR count). The average Bonchev–Trinajstić information content (AvgIpc) is 2.71. The minimum atomic E-state index is -4.54. The predicted molar refractivity (Wildman–Crippen MR) is 66.9 cm³/mol. The fourth-order valence-corrected chi connectivity index (χ4v) is 3.36. The fourth-order valence-electron chi connectivity index (χ4n) is 2.12. The van der Waals surface area contributed by atoms with Crippen molar-refractivity contribution in [2.24, 2.45) is 0 Å². The van der Waals surface area contributed by atoms with E-state index in [0.717, 1.165) is 34.9 Å². The van der Waals surface area contributed by atoms with E-state index in [1.54, 1.807) is 0 Å². The van der Waals surface area contributed by atoms with Crippen molar-refractivity contribution in [3.8, 4) is 5.75 Å². The number of carboxylic acid groups (broad SMARTS) is 1. The molecule has 2 heterocycles. The van der Waals surface area contributed by atoms with E-state index in [0.29, 0.717) is 0 Å². The molecule has 0 bridgehead atoms. The number of rotatable bonds is 3. The summed E-state index contributed by atoms with van der Waals surface area (Å²) in [5.74, 6) is -2.16. The van der Waals surface area contributed by atoms with Crippen molar-refractivity contribution in [3.63, 3.8) is 0 Å². The average molecular weight is 353 g/mol. The summed E-state index contributed by atoms with van der Waals surface area (Å²) in [6, 6.07) is 4.06. The number of nitrogens with zero attached hydrogens (tertiary/aromatic N) is 1. The molecule has 1 atom stereocenters. The molecule has 1 unspecified atom stereocenters. The van der Waals surface area contributed by atoms with E-state index in [1.165, 1.54) is 6.07 Å². The SMILES string of the molecule is O=C([O-])C1=C(Oc2cccc(C(F)(F)F)c2)SC2CC(=O)N12.[Na+]. The third-order valence-electron chi connectivity index (χ3n) is 3.15. The monoisotopic (exact) mass is 353 g/mol. The van der Waals surface area contributed by atoms with Crippen LogP contribution in [0.4, 0.5) is 13.2 Å². The first kappa shape index (κ1) is 18.2. The Morgan fingerprint density at radius 3 is 2.65 bits per heavy atom. The van der Waals surface area contributed by atoms with E-state index in [1.807, 2.05) is 0 Å². The second-order valence-corrected chi connectivity index (χ2v) is 5.74. The molecule has 1 amide bonds. The largest absolute Gasteiger partial charge is 1.00 e. The van der Waals surface area contributed by atoms with Crippen LogP contribution >= 0.6 is 11.8 Å². The Hall–Kier alpha value is -1.16. The van der Waals surface area contributed by atoms with Crippen LogP contribution < -0.4 is 39.4 Å². The summed E-state index contributed by atoms with van der Waals surface area (Å²) < 4.78 is 43.2. The Morgan fingerprint density at radius 1 is 1.39 bits per heavy atom. The molecule has 2 aliphatic rings. The van der Waals surface area contributed by atoms with E-state index in [2.05, 4.69) is 0 Å². The Labute approximate surface area is 154 Å². The van der Waals surface area contributed by atoms with Gasteiger partial charge in [-0.3, -0.25) is 9.69 Å². The number of hydrogen-bond donors (Lipinski definition) is 0. The molecule has 0 N–H and O–H groups in total. The second kappa shape index (κ2) is 6.39. The summed E-state index contributed by atoms with van der Waals surface area (Å²) >= 11 is 0.969. The van der Waals surface area contributed by atoms with Crippen LogP contribution in [0, 0.1) is 0 Å². The minimum absolute atomic E-state index is 0. The topological polar surface area (TPSA) is 69.7 Å². The third kappa shape index (κ3) is 3.37. The van der Waals surface area contributed by atoms with Crippen molar-refractivity contribution >= 4 is 23.6 Å². The molecule has 0 aliphatic carbocycles. The van der Waals surface area contributed by atoms with Gasteiger partial charge in [0.1, 0.15) is 11.4 Å². The molecule has 5 nitrogen and oxygen atoms in total. The molecule has 2 aliphatic heterocycles. The molecule has 0 radical (unpaired) electrons. The molecule has 1 aromatic rings. The number of hydrogen-bond acceptors (Lipinski definition) is 5. The number of benzene rings is 1. The number of thioether (sulfide) groups is 1. The zero-order valence-electron chi connectivity index (χ0n) is 11.7. The quantitative estimate of drug-likeness (QED) is 0.479. The summed E-state index contributed by atoms with van der Waals surface area (Å²) in [6.07, 6.45) is -4.39. The minimum Gasteiger partial charge on any atom is -0.543 e. The number of carbonyl (C=O) groups excluding carboxylic acids is 2. The normalized spacial score (nSPS) is 19.9. The number of fused-ring (bicyclic) bond motifs is 1. The Kier molecular flexibility index (Phi) is 5.05. The predicted octanol–water partition coefficient (Wildman–Crippen LogP) is -1.69. The van der Waals surface area contributed by atoms with Gasteiger partial charge in [-0.2, -0.15) is 13.2 Å². The third-order valence-corrected chi connectivity index (χ3v) is 4.29. The standard InChI is InChI=1S/C13H8F3NO4S.Na/c14-13(15,16)6-2-1-3-7(4-6)21-12-10(11(19)20)17-8(18)5-9(17)22-12;/h1-4,9H,5H2,(H,19,20);/q;+1/p-1. The number of ether oxygens (including phenoxy) is 1. The first-order valence-electron chi connectivity index (χ1n) is 6.07. The van der Waals surface area contributed by atoms with Crippen molar-refractivity contribution in [2.45, 2.75) is 18.0 Å². The molecular weight excluding hydrogens is 346 g/mol. The number of halogens is 3. The van der Waals surface area contributed by atoms with Gasteiger partial charge in [0.25, 0.3) is 0 Å². The zero-order valence-corrected chi connectivity index (χ0v) is 14.5. The van der Waals surface area contributed by atoms with Crippen molar-refractivity contribution in [2.75, 3.05) is 0 Å². The Balaban J connectivity index is 0.00000192. The van der Waals surface area contributed by atoms with Crippen LogP contribution in [0.2, 0.25) is 0 Å². The molecule has 23 heavy (non-hydrogen) atoms. The van der Waals surface area contributed by atoms with Crippen molar-refractivity contribution in [1.29, 1.82) is 0 Å². The van der Waals surface area contributed by atoms with Crippen LogP contribution in [-0.2, 0) is 15.8 Å². The Morgan fingerprint density at radius 2 is 2.09 bits per heavy atom.